The summed E-state index contributed by atoms with van der Waals surface area (Å²) in [6.07, 6.45) is 1.02. The van der Waals surface area contributed by atoms with E-state index in [0.717, 1.165) is 18.5 Å². The van der Waals surface area contributed by atoms with Crippen molar-refractivity contribution < 1.29 is 14.3 Å². The molecule has 4 heteroatoms. The Hall–Kier alpha value is -1.55. The van der Waals surface area contributed by atoms with Gasteiger partial charge in [0.15, 0.2) is 0 Å². The molecule has 2 unspecified atom stereocenters. The fourth-order valence-electron chi connectivity index (χ4n) is 2.49. The number of ether oxygens (including phenoxy) is 2. The van der Waals surface area contributed by atoms with E-state index in [-0.39, 0.29) is 11.7 Å². The van der Waals surface area contributed by atoms with Gasteiger partial charge in [0.05, 0.1) is 12.6 Å². The van der Waals surface area contributed by atoms with Crippen molar-refractivity contribution >= 4 is 6.09 Å². The molecule has 96 valence electrons. The average Bonchev–Trinajstić information content (AvgIpc) is 3.07. The molecule has 1 aromatic rings. The molecule has 2 aliphatic heterocycles. The summed E-state index contributed by atoms with van der Waals surface area (Å²) in [5, 5.41) is 0. The number of likely N-dealkylation sites (tertiary alicyclic amines) is 1. The molecule has 0 saturated carbocycles. The van der Waals surface area contributed by atoms with Crippen LogP contribution in [0.4, 0.5) is 4.79 Å². The topological polar surface area (TPSA) is 42.1 Å². The highest BCUT2D eigenvalue weighted by atomic mass is 16.6. The van der Waals surface area contributed by atoms with Crippen LogP contribution in [0, 0.1) is 0 Å². The number of rotatable bonds is 2. The highest BCUT2D eigenvalue weighted by Crippen LogP contribution is 2.42. The summed E-state index contributed by atoms with van der Waals surface area (Å²) in [6.45, 7) is 3.75. The van der Waals surface area contributed by atoms with Crippen LogP contribution in [-0.4, -0.2) is 35.8 Å². The van der Waals surface area contributed by atoms with Crippen LogP contribution < -0.4 is 0 Å². The smallest absolute Gasteiger partial charge is 0.410 e. The van der Waals surface area contributed by atoms with Crippen LogP contribution in [0.2, 0.25) is 0 Å². The number of carbonyl (C=O) groups excluding carboxylic acids is 1. The number of hydrogen-bond acceptors (Lipinski definition) is 3. The first-order valence-corrected chi connectivity index (χ1v) is 6.31. The van der Waals surface area contributed by atoms with Gasteiger partial charge < -0.3 is 14.4 Å². The molecule has 0 radical (unpaired) electrons. The largest absolute Gasteiger partial charge is 0.445 e. The molecule has 1 aromatic carbocycles. The van der Waals surface area contributed by atoms with E-state index in [2.05, 4.69) is 0 Å². The van der Waals surface area contributed by atoms with Gasteiger partial charge in [0.25, 0.3) is 0 Å². The zero-order valence-corrected chi connectivity index (χ0v) is 10.5. The monoisotopic (exact) mass is 247 g/mol. The zero-order chi connectivity index (χ0) is 12.6. The molecule has 2 saturated heterocycles. The molecule has 2 heterocycles. The Bertz CT molecular complexity index is 448. The van der Waals surface area contributed by atoms with Gasteiger partial charge in [0, 0.05) is 6.54 Å². The molecule has 0 spiro atoms. The SMILES string of the molecule is CC12CN(C(=O)OCc3ccccc3)CCC1O2. The van der Waals surface area contributed by atoms with Crippen LogP contribution >= 0.6 is 0 Å². The van der Waals surface area contributed by atoms with E-state index >= 15 is 0 Å². The van der Waals surface area contributed by atoms with Gasteiger partial charge >= 0.3 is 6.09 Å². The zero-order valence-electron chi connectivity index (χ0n) is 10.5. The second-order valence-corrected chi connectivity index (χ2v) is 5.17. The number of fused-ring (bicyclic) bond motifs is 1. The minimum absolute atomic E-state index is 0.121. The minimum atomic E-state index is -0.242. The van der Waals surface area contributed by atoms with Crippen molar-refractivity contribution in [3.63, 3.8) is 0 Å². The summed E-state index contributed by atoms with van der Waals surface area (Å²) >= 11 is 0. The van der Waals surface area contributed by atoms with Gasteiger partial charge in [-0.2, -0.15) is 0 Å². The van der Waals surface area contributed by atoms with Crippen molar-refractivity contribution in [2.45, 2.75) is 31.7 Å². The molecule has 4 nitrogen and oxygen atoms in total. The molecule has 0 N–H and O–H groups in total. The molecule has 1 amide bonds. The molecule has 3 rings (SSSR count). The number of hydrogen-bond donors (Lipinski definition) is 0. The number of carbonyl (C=O) groups is 1. The van der Waals surface area contributed by atoms with E-state index in [1.807, 2.05) is 37.3 Å². The van der Waals surface area contributed by atoms with Crippen molar-refractivity contribution in [1.82, 2.24) is 4.90 Å². The molecule has 0 bridgehead atoms. The van der Waals surface area contributed by atoms with Gasteiger partial charge in [-0.15, -0.1) is 0 Å². The van der Waals surface area contributed by atoms with Crippen LogP contribution in [0.5, 0.6) is 0 Å². The molecule has 2 aliphatic rings. The second-order valence-electron chi connectivity index (χ2n) is 5.17. The first-order valence-electron chi connectivity index (χ1n) is 6.31. The Morgan fingerprint density at radius 1 is 1.50 bits per heavy atom. The minimum Gasteiger partial charge on any atom is -0.445 e. The van der Waals surface area contributed by atoms with Crippen LogP contribution in [-0.2, 0) is 16.1 Å². The van der Waals surface area contributed by atoms with E-state index in [9.17, 15) is 4.79 Å². The maximum absolute atomic E-state index is 11.9. The maximum Gasteiger partial charge on any atom is 0.410 e. The first kappa shape index (κ1) is 11.5. The van der Waals surface area contributed by atoms with Crippen molar-refractivity contribution in [3.8, 4) is 0 Å². The van der Waals surface area contributed by atoms with E-state index < -0.39 is 0 Å². The van der Waals surface area contributed by atoms with E-state index in [1.165, 1.54) is 0 Å². The van der Waals surface area contributed by atoms with Crippen molar-refractivity contribution in [2.75, 3.05) is 13.1 Å². The quantitative estimate of drug-likeness (QED) is 0.752. The van der Waals surface area contributed by atoms with Crippen LogP contribution in [0.1, 0.15) is 18.9 Å². The number of nitrogens with zero attached hydrogens (tertiary/aromatic N) is 1. The van der Waals surface area contributed by atoms with E-state index in [0.29, 0.717) is 19.3 Å². The molecule has 2 fully saturated rings. The lowest BCUT2D eigenvalue weighted by Gasteiger charge is -2.27. The number of benzene rings is 1. The highest BCUT2D eigenvalue weighted by Gasteiger charge is 2.56. The molecular formula is C14H17NO3. The number of piperidine rings is 1. The molecule has 2 atom stereocenters. The third kappa shape index (κ3) is 2.20. The Kier molecular flexibility index (Phi) is 2.74. The Morgan fingerprint density at radius 2 is 2.28 bits per heavy atom. The summed E-state index contributed by atoms with van der Waals surface area (Å²) < 4.78 is 10.9. The predicted octanol–water partition coefficient (Wildman–Crippen LogP) is 2.19. The lowest BCUT2D eigenvalue weighted by atomic mass is 10.0. The van der Waals surface area contributed by atoms with Crippen LogP contribution in [0.3, 0.4) is 0 Å². The number of epoxide rings is 1. The van der Waals surface area contributed by atoms with Gasteiger partial charge in [0.1, 0.15) is 12.2 Å². The van der Waals surface area contributed by atoms with Crippen LogP contribution in [0.25, 0.3) is 0 Å². The van der Waals surface area contributed by atoms with Gasteiger partial charge in [-0.1, -0.05) is 30.3 Å². The summed E-state index contributed by atoms with van der Waals surface area (Å²) in [5.74, 6) is 0. The number of amides is 1. The van der Waals surface area contributed by atoms with Gasteiger partial charge in [0.2, 0.25) is 0 Å². The summed E-state index contributed by atoms with van der Waals surface area (Å²) in [7, 11) is 0. The predicted molar refractivity (Wildman–Crippen MR) is 66.1 cm³/mol. The highest BCUT2D eigenvalue weighted by molar-refractivity contribution is 5.68. The van der Waals surface area contributed by atoms with E-state index in [4.69, 9.17) is 9.47 Å². The molecule has 0 aromatic heterocycles. The third-order valence-corrected chi connectivity index (χ3v) is 3.66. The van der Waals surface area contributed by atoms with E-state index in [1.54, 1.807) is 4.90 Å². The van der Waals surface area contributed by atoms with Gasteiger partial charge in [-0.3, -0.25) is 0 Å². The van der Waals surface area contributed by atoms with Crippen molar-refractivity contribution in [2.24, 2.45) is 0 Å². The summed E-state index contributed by atoms with van der Waals surface area (Å²) in [5.41, 5.74) is 0.888. The standard InChI is InChI=1S/C14H17NO3/c1-14-10-15(8-7-12(14)18-14)13(16)17-9-11-5-3-2-4-6-11/h2-6,12H,7-10H2,1H3. The fraction of sp³-hybridized carbons (Fsp3) is 0.500. The Labute approximate surface area is 106 Å². The average molecular weight is 247 g/mol. The molecule has 18 heavy (non-hydrogen) atoms. The van der Waals surface area contributed by atoms with Gasteiger partial charge in [-0.05, 0) is 18.9 Å². The van der Waals surface area contributed by atoms with Crippen molar-refractivity contribution in [1.29, 1.82) is 0 Å². The van der Waals surface area contributed by atoms with Gasteiger partial charge in [-0.25, -0.2) is 4.79 Å². The Morgan fingerprint density at radius 3 is 3.00 bits per heavy atom. The lowest BCUT2D eigenvalue weighted by molar-refractivity contribution is 0.0855. The van der Waals surface area contributed by atoms with Crippen molar-refractivity contribution in [3.05, 3.63) is 35.9 Å². The molecule has 0 aliphatic carbocycles. The Balaban J connectivity index is 1.52. The lowest BCUT2D eigenvalue weighted by Crippen LogP contribution is -2.43. The first-order chi connectivity index (χ1) is 8.67. The normalized spacial score (nSPS) is 29.6. The fourth-order valence-corrected chi connectivity index (χ4v) is 2.49. The van der Waals surface area contributed by atoms with Crippen LogP contribution in [0.15, 0.2) is 30.3 Å². The summed E-state index contributed by atoms with van der Waals surface area (Å²) in [6, 6.07) is 9.72. The third-order valence-electron chi connectivity index (χ3n) is 3.66. The summed E-state index contributed by atoms with van der Waals surface area (Å²) in [4.78, 5) is 13.7. The molecular weight excluding hydrogens is 230 g/mol. The second kappa shape index (κ2) is 4.28. The maximum atomic E-state index is 11.9.